The number of thiophene rings is 1. The maximum Gasteiger partial charge on any atom is 0.241 e. The molecule has 1 aliphatic carbocycles. The Kier molecular flexibility index (Phi) is 4.14. The van der Waals surface area contributed by atoms with Gasteiger partial charge in [-0.15, -0.1) is 11.3 Å². The second-order valence-electron chi connectivity index (χ2n) is 5.61. The van der Waals surface area contributed by atoms with Crippen molar-refractivity contribution in [3.05, 3.63) is 16.3 Å². The highest BCUT2D eigenvalue weighted by atomic mass is 32.2. The summed E-state index contributed by atoms with van der Waals surface area (Å²) in [6.45, 7) is 2.59. The van der Waals surface area contributed by atoms with Gasteiger partial charge in [-0.1, -0.05) is 0 Å². The molecule has 1 saturated carbocycles. The second kappa shape index (κ2) is 5.73. The third-order valence-corrected chi connectivity index (χ3v) is 6.48. The maximum atomic E-state index is 12.4. The zero-order valence-corrected chi connectivity index (χ0v) is 13.3. The predicted molar refractivity (Wildman–Crippen MR) is 80.4 cm³/mol. The van der Waals surface area contributed by atoms with Crippen molar-refractivity contribution >= 4 is 21.4 Å². The van der Waals surface area contributed by atoms with Crippen LogP contribution in [-0.4, -0.2) is 45.5 Å². The van der Waals surface area contributed by atoms with Crippen LogP contribution in [0.4, 0.5) is 0 Å². The summed E-state index contributed by atoms with van der Waals surface area (Å²) in [7, 11) is -1.51. The van der Waals surface area contributed by atoms with E-state index in [-0.39, 0.29) is 6.04 Å². The lowest BCUT2D eigenvalue weighted by atomic mass is 10.3. The Hall–Kier alpha value is -0.470. The van der Waals surface area contributed by atoms with Crippen molar-refractivity contribution in [2.24, 2.45) is 0 Å². The van der Waals surface area contributed by atoms with E-state index >= 15 is 0 Å². The van der Waals surface area contributed by atoms with Crippen LogP contribution < -0.4 is 10.0 Å². The van der Waals surface area contributed by atoms with Crippen LogP contribution in [0.1, 0.15) is 24.1 Å². The van der Waals surface area contributed by atoms with Crippen LogP contribution >= 0.6 is 11.3 Å². The molecule has 0 radical (unpaired) electrons. The summed E-state index contributed by atoms with van der Waals surface area (Å²) in [5.41, 5.74) is 0. The van der Waals surface area contributed by atoms with Gasteiger partial charge in [0.15, 0.2) is 0 Å². The molecule has 7 heteroatoms. The first-order valence-corrected chi connectivity index (χ1v) is 9.43. The molecule has 2 fully saturated rings. The molecular formula is C13H21N3O2S2. The van der Waals surface area contributed by atoms with Crippen molar-refractivity contribution in [3.8, 4) is 0 Å². The molecule has 1 aliphatic heterocycles. The van der Waals surface area contributed by atoms with Gasteiger partial charge in [-0.05, 0) is 32.4 Å². The van der Waals surface area contributed by atoms with Crippen LogP contribution in [0.3, 0.4) is 0 Å². The fraction of sp³-hybridized carbons (Fsp3) is 0.692. The summed E-state index contributed by atoms with van der Waals surface area (Å²) in [5, 5.41) is 4.76. The molecular weight excluding hydrogens is 294 g/mol. The molecule has 1 aromatic rings. The monoisotopic (exact) mass is 315 g/mol. The average Bonchev–Trinajstić information content (AvgIpc) is 2.95. The normalized spacial score (nSPS) is 24.4. The molecule has 3 rings (SSSR count). The molecule has 2 N–H and O–H groups in total. The molecule has 0 amide bonds. The number of nitrogens with one attached hydrogen (secondary N) is 2. The zero-order valence-electron chi connectivity index (χ0n) is 11.6. The maximum absolute atomic E-state index is 12.4. The van der Waals surface area contributed by atoms with E-state index < -0.39 is 10.0 Å². The van der Waals surface area contributed by atoms with Gasteiger partial charge in [-0.3, -0.25) is 4.90 Å². The van der Waals surface area contributed by atoms with E-state index in [1.807, 2.05) is 7.05 Å². The van der Waals surface area contributed by atoms with Crippen molar-refractivity contribution in [2.45, 2.75) is 42.8 Å². The SMILES string of the molecule is CNCc1cc(S(=O)(=O)NC2CCN(C3CC3)C2)cs1. The highest BCUT2D eigenvalue weighted by Gasteiger charge is 2.35. The molecule has 1 atom stereocenters. The molecule has 0 aromatic carbocycles. The van der Waals surface area contributed by atoms with Crippen LogP contribution in [0, 0.1) is 0 Å². The van der Waals surface area contributed by atoms with Crippen LogP contribution in [0.15, 0.2) is 16.3 Å². The Balaban J connectivity index is 1.62. The van der Waals surface area contributed by atoms with Gasteiger partial charge >= 0.3 is 0 Å². The van der Waals surface area contributed by atoms with Gasteiger partial charge in [0, 0.05) is 42.0 Å². The van der Waals surface area contributed by atoms with Crippen LogP contribution in [0.5, 0.6) is 0 Å². The van der Waals surface area contributed by atoms with Crippen LogP contribution in [0.2, 0.25) is 0 Å². The molecule has 2 heterocycles. The van der Waals surface area contributed by atoms with Gasteiger partial charge in [0.1, 0.15) is 0 Å². The molecule has 0 spiro atoms. The van der Waals surface area contributed by atoms with Crippen molar-refractivity contribution in [3.63, 3.8) is 0 Å². The molecule has 1 unspecified atom stereocenters. The molecule has 0 bridgehead atoms. The summed E-state index contributed by atoms with van der Waals surface area (Å²) in [4.78, 5) is 3.85. The summed E-state index contributed by atoms with van der Waals surface area (Å²) >= 11 is 1.48. The van der Waals surface area contributed by atoms with Gasteiger partial charge in [-0.25, -0.2) is 13.1 Å². The van der Waals surface area contributed by atoms with Crippen molar-refractivity contribution in [2.75, 3.05) is 20.1 Å². The topological polar surface area (TPSA) is 61.4 Å². The van der Waals surface area contributed by atoms with Crippen LogP contribution in [-0.2, 0) is 16.6 Å². The minimum absolute atomic E-state index is 0.0632. The number of likely N-dealkylation sites (tertiary alicyclic amines) is 1. The fourth-order valence-corrected chi connectivity index (χ4v) is 5.26. The highest BCUT2D eigenvalue weighted by molar-refractivity contribution is 7.89. The van der Waals surface area contributed by atoms with E-state index in [0.717, 1.165) is 24.4 Å². The molecule has 5 nitrogen and oxygen atoms in total. The van der Waals surface area contributed by atoms with E-state index in [0.29, 0.717) is 17.5 Å². The minimum atomic E-state index is -3.36. The Morgan fingerprint density at radius 1 is 1.40 bits per heavy atom. The number of hydrogen-bond donors (Lipinski definition) is 2. The fourth-order valence-electron chi connectivity index (χ4n) is 2.71. The standard InChI is InChI=1S/C13H21N3O2S2/c1-14-7-12-6-13(9-19-12)20(17,18)15-10-4-5-16(8-10)11-2-3-11/h6,9-11,14-15H,2-5,7-8H2,1H3. The van der Waals surface area contributed by atoms with Crippen molar-refractivity contribution in [1.82, 2.24) is 14.9 Å². The molecule has 1 aromatic heterocycles. The van der Waals surface area contributed by atoms with Gasteiger partial charge in [-0.2, -0.15) is 0 Å². The van der Waals surface area contributed by atoms with Gasteiger partial charge in [0.2, 0.25) is 10.0 Å². The lowest BCUT2D eigenvalue weighted by Gasteiger charge is -2.15. The van der Waals surface area contributed by atoms with E-state index in [9.17, 15) is 8.42 Å². The second-order valence-corrected chi connectivity index (χ2v) is 8.32. The summed E-state index contributed by atoms with van der Waals surface area (Å²) in [6.07, 6.45) is 3.47. The smallest absolute Gasteiger partial charge is 0.241 e. The van der Waals surface area contributed by atoms with Crippen molar-refractivity contribution < 1.29 is 8.42 Å². The first-order chi connectivity index (χ1) is 9.58. The van der Waals surface area contributed by atoms with Gasteiger partial charge in [0.05, 0.1) is 4.90 Å². The third-order valence-electron chi connectivity index (χ3n) is 3.90. The van der Waals surface area contributed by atoms with Gasteiger partial charge < -0.3 is 5.32 Å². The molecule has 20 heavy (non-hydrogen) atoms. The number of nitrogens with zero attached hydrogens (tertiary/aromatic N) is 1. The first kappa shape index (κ1) is 14.5. The van der Waals surface area contributed by atoms with Gasteiger partial charge in [0.25, 0.3) is 0 Å². The Morgan fingerprint density at radius 3 is 2.90 bits per heavy atom. The lowest BCUT2D eigenvalue weighted by molar-refractivity contribution is 0.322. The Morgan fingerprint density at radius 2 is 2.20 bits per heavy atom. The molecule has 1 saturated heterocycles. The molecule has 2 aliphatic rings. The Bertz CT molecular complexity index is 566. The summed E-state index contributed by atoms with van der Waals surface area (Å²) < 4.78 is 27.6. The zero-order chi connectivity index (χ0) is 14.2. The first-order valence-electron chi connectivity index (χ1n) is 7.07. The lowest BCUT2D eigenvalue weighted by Crippen LogP contribution is -2.37. The quantitative estimate of drug-likeness (QED) is 0.822. The Labute approximate surface area is 124 Å². The van der Waals surface area contributed by atoms with E-state index in [4.69, 9.17) is 0 Å². The predicted octanol–water partition coefficient (Wildman–Crippen LogP) is 0.982. The van der Waals surface area contributed by atoms with E-state index in [1.165, 1.54) is 24.2 Å². The largest absolute Gasteiger partial charge is 0.315 e. The van der Waals surface area contributed by atoms with E-state index in [1.54, 1.807) is 11.4 Å². The number of hydrogen-bond acceptors (Lipinski definition) is 5. The van der Waals surface area contributed by atoms with E-state index in [2.05, 4.69) is 14.9 Å². The highest BCUT2D eigenvalue weighted by Crippen LogP contribution is 2.30. The minimum Gasteiger partial charge on any atom is -0.315 e. The number of sulfonamides is 1. The number of rotatable bonds is 6. The van der Waals surface area contributed by atoms with Crippen LogP contribution in [0.25, 0.3) is 0 Å². The van der Waals surface area contributed by atoms with Crippen molar-refractivity contribution in [1.29, 1.82) is 0 Å². The molecule has 112 valence electrons. The summed E-state index contributed by atoms with van der Waals surface area (Å²) in [5.74, 6) is 0. The third kappa shape index (κ3) is 3.23. The average molecular weight is 315 g/mol. The summed E-state index contributed by atoms with van der Waals surface area (Å²) in [6, 6.07) is 2.54.